The molecular weight excluding hydrogens is 354 g/mol. The fraction of sp³-hybridized carbons (Fsp3) is 0.0952. The maximum atomic E-state index is 9.03. The first-order valence-corrected chi connectivity index (χ1v) is 8.76. The van der Waals surface area contributed by atoms with E-state index in [9.17, 15) is 0 Å². The van der Waals surface area contributed by atoms with Crippen LogP contribution in [0.1, 0.15) is 11.3 Å². The van der Waals surface area contributed by atoms with Crippen LogP contribution in [0.5, 0.6) is 5.75 Å². The average molecular weight is 373 g/mol. The second-order valence-electron chi connectivity index (χ2n) is 6.21. The number of aliphatic hydroxyl groups excluding tert-OH is 1. The third kappa shape index (κ3) is 3.84. The predicted octanol–water partition coefficient (Wildman–Crippen LogP) is 3.42. The van der Waals surface area contributed by atoms with Crippen LogP contribution in [0.15, 0.2) is 67.1 Å². The topological polar surface area (TPSA) is 106 Å². The van der Waals surface area contributed by atoms with Crippen molar-refractivity contribution in [2.24, 2.45) is 0 Å². The van der Waals surface area contributed by atoms with Crippen molar-refractivity contribution in [3.8, 4) is 5.75 Å². The van der Waals surface area contributed by atoms with Crippen LogP contribution in [0, 0.1) is 0 Å². The zero-order valence-electron chi connectivity index (χ0n) is 15.0. The molecule has 0 atom stereocenters. The monoisotopic (exact) mass is 373 g/mol. The normalized spacial score (nSPS) is 10.8. The highest BCUT2D eigenvalue weighted by molar-refractivity contribution is 5.96. The maximum absolute atomic E-state index is 9.03. The number of nitrogens with one attached hydrogen (secondary N) is 1. The highest BCUT2D eigenvalue weighted by atomic mass is 16.5. The van der Waals surface area contributed by atoms with Gasteiger partial charge in [0.25, 0.3) is 0 Å². The standard InChI is InChI=1S/C21H19N5O2/c22-18-5-6-19(17-4-2-1-3-16(17)18)28-13-14-7-8-23-20(9-14)26-21-11-24-15(12-27)10-25-21/h1-11,27H,12-13,22H2,(H,23,25,26). The number of anilines is 3. The van der Waals surface area contributed by atoms with Gasteiger partial charge < -0.3 is 20.9 Å². The molecule has 0 saturated carbocycles. The van der Waals surface area contributed by atoms with E-state index in [2.05, 4.69) is 20.3 Å². The van der Waals surface area contributed by atoms with Crippen LogP contribution in [-0.4, -0.2) is 20.1 Å². The van der Waals surface area contributed by atoms with Gasteiger partial charge in [0.15, 0.2) is 0 Å². The molecular formula is C21H19N5O2. The second kappa shape index (κ2) is 7.89. The van der Waals surface area contributed by atoms with Gasteiger partial charge in [-0.25, -0.2) is 9.97 Å². The quantitative estimate of drug-likeness (QED) is 0.445. The number of fused-ring (bicyclic) bond motifs is 1. The molecule has 2 heterocycles. The Labute approximate surface area is 161 Å². The molecule has 0 aliphatic heterocycles. The number of hydrogen-bond donors (Lipinski definition) is 3. The maximum Gasteiger partial charge on any atom is 0.150 e. The Morgan fingerprint density at radius 1 is 0.929 bits per heavy atom. The van der Waals surface area contributed by atoms with Crippen molar-refractivity contribution in [1.29, 1.82) is 0 Å². The Kier molecular flexibility index (Phi) is 4.99. The number of aliphatic hydroxyl groups is 1. The van der Waals surface area contributed by atoms with E-state index in [0.29, 0.717) is 23.9 Å². The predicted molar refractivity (Wildman–Crippen MR) is 108 cm³/mol. The van der Waals surface area contributed by atoms with E-state index in [1.165, 1.54) is 6.20 Å². The van der Waals surface area contributed by atoms with E-state index >= 15 is 0 Å². The van der Waals surface area contributed by atoms with E-state index in [1.54, 1.807) is 12.4 Å². The van der Waals surface area contributed by atoms with E-state index < -0.39 is 0 Å². The smallest absolute Gasteiger partial charge is 0.150 e. The van der Waals surface area contributed by atoms with Gasteiger partial charge in [0.1, 0.15) is 24.0 Å². The number of benzene rings is 2. The van der Waals surface area contributed by atoms with Crippen LogP contribution in [-0.2, 0) is 13.2 Å². The zero-order chi connectivity index (χ0) is 19.3. The molecule has 0 bridgehead atoms. The fourth-order valence-corrected chi connectivity index (χ4v) is 2.85. The summed E-state index contributed by atoms with van der Waals surface area (Å²) in [6.45, 7) is 0.248. The minimum Gasteiger partial charge on any atom is -0.488 e. The van der Waals surface area contributed by atoms with Crippen LogP contribution in [0.3, 0.4) is 0 Å². The molecule has 2 aromatic heterocycles. The minimum atomic E-state index is -0.141. The van der Waals surface area contributed by atoms with Crippen LogP contribution >= 0.6 is 0 Å². The lowest BCUT2D eigenvalue weighted by molar-refractivity contribution is 0.276. The van der Waals surface area contributed by atoms with E-state index in [1.807, 2.05) is 48.5 Å². The van der Waals surface area contributed by atoms with E-state index in [0.717, 1.165) is 27.8 Å². The van der Waals surface area contributed by atoms with Crippen molar-refractivity contribution in [3.63, 3.8) is 0 Å². The first-order valence-electron chi connectivity index (χ1n) is 8.76. The number of nitrogen functional groups attached to an aromatic ring is 1. The first kappa shape index (κ1) is 17.7. The molecule has 0 radical (unpaired) electrons. The number of aromatic nitrogens is 3. The van der Waals surface area contributed by atoms with Crippen molar-refractivity contribution in [2.75, 3.05) is 11.1 Å². The third-order valence-electron chi connectivity index (χ3n) is 4.26. The molecule has 0 fully saturated rings. The van der Waals surface area contributed by atoms with Crippen molar-refractivity contribution >= 4 is 28.1 Å². The Morgan fingerprint density at radius 3 is 2.57 bits per heavy atom. The van der Waals surface area contributed by atoms with Gasteiger partial charge in [-0.3, -0.25) is 4.98 Å². The van der Waals surface area contributed by atoms with Crippen LogP contribution < -0.4 is 15.8 Å². The molecule has 0 saturated heterocycles. The highest BCUT2D eigenvalue weighted by Crippen LogP contribution is 2.30. The van der Waals surface area contributed by atoms with Gasteiger partial charge in [-0.15, -0.1) is 0 Å². The van der Waals surface area contributed by atoms with Gasteiger partial charge in [0.05, 0.1) is 24.7 Å². The van der Waals surface area contributed by atoms with Crippen molar-refractivity contribution < 1.29 is 9.84 Å². The SMILES string of the molecule is Nc1ccc(OCc2ccnc(Nc3cnc(CO)cn3)c2)c2ccccc12. The van der Waals surface area contributed by atoms with Gasteiger partial charge in [-0.05, 0) is 29.8 Å². The first-order chi connectivity index (χ1) is 13.7. The van der Waals surface area contributed by atoms with E-state index in [4.69, 9.17) is 15.6 Å². The molecule has 7 nitrogen and oxygen atoms in total. The molecule has 0 aliphatic rings. The van der Waals surface area contributed by atoms with E-state index in [-0.39, 0.29) is 6.61 Å². The average Bonchev–Trinajstić information content (AvgIpc) is 2.74. The van der Waals surface area contributed by atoms with Gasteiger partial charge in [0, 0.05) is 22.7 Å². The van der Waals surface area contributed by atoms with Crippen LogP contribution in [0.25, 0.3) is 10.8 Å². The fourth-order valence-electron chi connectivity index (χ4n) is 2.85. The Bertz CT molecular complexity index is 1100. The molecule has 4 N–H and O–H groups in total. The third-order valence-corrected chi connectivity index (χ3v) is 4.26. The molecule has 0 spiro atoms. The van der Waals surface area contributed by atoms with Gasteiger partial charge in [-0.2, -0.15) is 0 Å². The lowest BCUT2D eigenvalue weighted by Crippen LogP contribution is -2.01. The van der Waals surface area contributed by atoms with Gasteiger partial charge in [0.2, 0.25) is 0 Å². The molecule has 28 heavy (non-hydrogen) atoms. The Hall–Kier alpha value is -3.71. The Balaban J connectivity index is 1.49. The summed E-state index contributed by atoms with van der Waals surface area (Å²) in [5.74, 6) is 1.96. The second-order valence-corrected chi connectivity index (χ2v) is 6.21. The summed E-state index contributed by atoms with van der Waals surface area (Å²) in [4.78, 5) is 12.6. The summed E-state index contributed by atoms with van der Waals surface area (Å²) in [6, 6.07) is 15.4. The number of ether oxygens (including phenoxy) is 1. The Morgan fingerprint density at radius 2 is 1.79 bits per heavy atom. The van der Waals surface area contributed by atoms with Crippen LogP contribution in [0.4, 0.5) is 17.3 Å². The molecule has 0 unspecified atom stereocenters. The van der Waals surface area contributed by atoms with Gasteiger partial charge >= 0.3 is 0 Å². The summed E-state index contributed by atoms with van der Waals surface area (Å²) in [5.41, 5.74) is 8.24. The number of hydrogen-bond acceptors (Lipinski definition) is 7. The molecule has 0 aliphatic carbocycles. The van der Waals surface area contributed by atoms with Gasteiger partial charge in [-0.1, -0.05) is 24.3 Å². The summed E-state index contributed by atoms with van der Waals surface area (Å²) in [7, 11) is 0. The number of nitrogens with zero attached hydrogens (tertiary/aromatic N) is 3. The summed E-state index contributed by atoms with van der Waals surface area (Å²) >= 11 is 0. The molecule has 4 rings (SSSR count). The van der Waals surface area contributed by atoms with Crippen LogP contribution in [0.2, 0.25) is 0 Å². The lowest BCUT2D eigenvalue weighted by Gasteiger charge is -2.12. The molecule has 2 aromatic carbocycles. The molecule has 7 heteroatoms. The zero-order valence-corrected chi connectivity index (χ0v) is 15.0. The minimum absolute atomic E-state index is 0.141. The highest BCUT2D eigenvalue weighted by Gasteiger charge is 2.06. The number of nitrogens with two attached hydrogens (primary N) is 1. The molecule has 0 amide bonds. The van der Waals surface area contributed by atoms with Crippen molar-refractivity contribution in [1.82, 2.24) is 15.0 Å². The summed E-state index contributed by atoms with van der Waals surface area (Å²) < 4.78 is 6.03. The summed E-state index contributed by atoms with van der Waals surface area (Å²) in [6.07, 6.45) is 4.77. The lowest BCUT2D eigenvalue weighted by atomic mass is 10.1. The van der Waals surface area contributed by atoms with Crippen molar-refractivity contribution in [3.05, 3.63) is 78.4 Å². The molecule has 140 valence electrons. The largest absolute Gasteiger partial charge is 0.488 e. The molecule has 4 aromatic rings. The van der Waals surface area contributed by atoms with Crippen molar-refractivity contribution in [2.45, 2.75) is 13.2 Å². The number of rotatable bonds is 6. The summed E-state index contributed by atoms with van der Waals surface area (Å²) in [5, 5.41) is 14.1. The number of pyridine rings is 1.